The van der Waals surface area contributed by atoms with Gasteiger partial charge in [-0.25, -0.2) is 0 Å². The number of unbranched alkanes of at least 4 members (excludes halogenated alkanes) is 30. The number of quaternary nitrogens is 1. The number of likely N-dealkylation sites (N-methyl/N-ethyl adjacent to an activating group) is 1. The van der Waals surface area contributed by atoms with E-state index < -0.39 is 26.6 Å². The second-order valence-corrected chi connectivity index (χ2v) is 21.0. The third-order valence-corrected chi connectivity index (χ3v) is 13.0. The number of phosphoric acid groups is 1. The molecule has 1 amide bonds. The number of phosphoric ester groups is 1. The number of carbonyl (C=O) groups excluding carboxylic acids is 1. The molecule has 9 heteroatoms. The van der Waals surface area contributed by atoms with Crippen LogP contribution in [0.3, 0.4) is 0 Å². The van der Waals surface area contributed by atoms with Crippen LogP contribution in [0.1, 0.15) is 245 Å². The van der Waals surface area contributed by atoms with E-state index in [1.54, 1.807) is 6.08 Å². The van der Waals surface area contributed by atoms with Crippen molar-refractivity contribution < 1.29 is 32.9 Å². The lowest BCUT2D eigenvalue weighted by atomic mass is 10.0. The monoisotopic (exact) mass is 921 g/mol. The van der Waals surface area contributed by atoms with Crippen LogP contribution in [-0.4, -0.2) is 68.5 Å². The van der Waals surface area contributed by atoms with E-state index in [1.165, 1.54) is 180 Å². The number of aliphatic hydroxyl groups is 1. The molecule has 0 heterocycles. The smallest absolute Gasteiger partial charge is 0.268 e. The van der Waals surface area contributed by atoms with Crippen LogP contribution in [-0.2, 0) is 18.4 Å². The van der Waals surface area contributed by atoms with Crippen LogP contribution in [0.5, 0.6) is 0 Å². The standard InChI is InChI=1S/C55H105N2O6P/c1-6-8-10-12-14-16-18-20-22-24-26-28-29-31-33-35-37-39-41-43-45-47-49-55(59)56-53(52-63-64(60,61)62-51-50-57(3,4)5)54(58)48-46-44-42-40-38-36-34-32-30-27-25-23-21-19-17-15-13-11-9-7-2/h29-32,38,40,46,48,53-54,58H,6-28,33-37,39,41-45,47,49-52H2,1-5H3,(H-,56,59,60,61)/b31-29-,32-30+,40-38+,48-46+. The molecule has 3 unspecified atom stereocenters. The molecule has 0 bridgehead atoms. The van der Waals surface area contributed by atoms with E-state index in [0.717, 1.165) is 44.9 Å². The van der Waals surface area contributed by atoms with Gasteiger partial charge in [-0.05, 0) is 70.6 Å². The summed E-state index contributed by atoms with van der Waals surface area (Å²) in [6, 6.07) is -0.913. The molecule has 8 nitrogen and oxygen atoms in total. The van der Waals surface area contributed by atoms with Gasteiger partial charge in [0.1, 0.15) is 13.2 Å². The number of hydrogen-bond acceptors (Lipinski definition) is 6. The van der Waals surface area contributed by atoms with Crippen LogP contribution in [0.2, 0.25) is 0 Å². The first-order valence-electron chi connectivity index (χ1n) is 27.0. The maximum atomic E-state index is 12.9. The van der Waals surface area contributed by atoms with Crippen LogP contribution in [0.15, 0.2) is 48.6 Å². The summed E-state index contributed by atoms with van der Waals surface area (Å²) in [4.78, 5) is 25.4. The molecule has 0 fully saturated rings. The zero-order chi connectivity index (χ0) is 47.1. The molecule has 0 aliphatic carbocycles. The Balaban J connectivity index is 4.35. The van der Waals surface area contributed by atoms with Crippen molar-refractivity contribution in [3.63, 3.8) is 0 Å². The fraction of sp³-hybridized carbons (Fsp3) is 0.836. The predicted octanol–water partition coefficient (Wildman–Crippen LogP) is 15.3. The Morgan fingerprint density at radius 3 is 1.27 bits per heavy atom. The van der Waals surface area contributed by atoms with Crippen molar-refractivity contribution >= 4 is 13.7 Å². The number of aliphatic hydroxyl groups excluding tert-OH is 1. The van der Waals surface area contributed by atoms with Gasteiger partial charge >= 0.3 is 0 Å². The Morgan fingerprint density at radius 2 is 0.875 bits per heavy atom. The van der Waals surface area contributed by atoms with E-state index >= 15 is 0 Å². The van der Waals surface area contributed by atoms with Crippen LogP contribution >= 0.6 is 7.82 Å². The Kier molecular flexibility index (Phi) is 45.4. The van der Waals surface area contributed by atoms with Gasteiger partial charge in [0.2, 0.25) is 5.91 Å². The first-order valence-corrected chi connectivity index (χ1v) is 28.5. The quantitative estimate of drug-likeness (QED) is 0.0272. The first kappa shape index (κ1) is 62.5. The summed E-state index contributed by atoms with van der Waals surface area (Å²) in [5, 5.41) is 13.8. The summed E-state index contributed by atoms with van der Waals surface area (Å²) in [6.45, 7) is 4.63. The number of nitrogens with one attached hydrogen (secondary N) is 1. The highest BCUT2D eigenvalue weighted by atomic mass is 31.2. The first-order chi connectivity index (χ1) is 31.0. The minimum absolute atomic E-state index is 0.0104. The van der Waals surface area contributed by atoms with Crippen molar-refractivity contribution in [2.24, 2.45) is 0 Å². The van der Waals surface area contributed by atoms with Gasteiger partial charge in [-0.2, -0.15) is 0 Å². The molecule has 0 saturated heterocycles. The highest BCUT2D eigenvalue weighted by Crippen LogP contribution is 2.38. The van der Waals surface area contributed by atoms with Gasteiger partial charge in [-0.3, -0.25) is 9.36 Å². The lowest BCUT2D eigenvalue weighted by Crippen LogP contribution is -2.45. The summed E-state index contributed by atoms with van der Waals surface area (Å²) in [5.41, 5.74) is 0. The molecule has 3 atom stereocenters. The van der Waals surface area contributed by atoms with Crippen molar-refractivity contribution in [3.05, 3.63) is 48.6 Å². The lowest BCUT2D eigenvalue weighted by molar-refractivity contribution is -0.870. The number of carbonyl (C=O) groups is 1. The average Bonchev–Trinajstić information content (AvgIpc) is 3.25. The molecule has 0 aromatic carbocycles. The summed E-state index contributed by atoms with van der Waals surface area (Å²) < 4.78 is 23.3. The number of rotatable bonds is 49. The molecule has 0 spiro atoms. The number of amides is 1. The molecule has 0 saturated carbocycles. The minimum atomic E-state index is -4.61. The van der Waals surface area contributed by atoms with Crippen molar-refractivity contribution in [1.29, 1.82) is 0 Å². The molecular weight excluding hydrogens is 816 g/mol. The molecule has 0 aromatic rings. The Labute approximate surface area is 397 Å². The zero-order valence-electron chi connectivity index (χ0n) is 42.7. The third-order valence-electron chi connectivity index (χ3n) is 12.0. The Bertz CT molecular complexity index is 1180. The molecule has 376 valence electrons. The van der Waals surface area contributed by atoms with E-state index in [0.29, 0.717) is 17.4 Å². The fourth-order valence-corrected chi connectivity index (χ4v) is 8.43. The van der Waals surface area contributed by atoms with Gasteiger partial charge in [0.25, 0.3) is 7.82 Å². The molecule has 2 N–H and O–H groups in total. The van der Waals surface area contributed by atoms with E-state index in [4.69, 9.17) is 9.05 Å². The average molecular weight is 921 g/mol. The number of allylic oxidation sites excluding steroid dienone is 7. The van der Waals surface area contributed by atoms with Gasteiger partial charge in [0, 0.05) is 6.42 Å². The van der Waals surface area contributed by atoms with E-state index in [2.05, 4.69) is 55.6 Å². The maximum absolute atomic E-state index is 12.9. The van der Waals surface area contributed by atoms with E-state index in [1.807, 2.05) is 27.2 Å². The van der Waals surface area contributed by atoms with Crippen molar-refractivity contribution in [1.82, 2.24) is 5.32 Å². The highest BCUT2D eigenvalue weighted by molar-refractivity contribution is 7.45. The molecule has 0 rings (SSSR count). The highest BCUT2D eigenvalue weighted by Gasteiger charge is 2.23. The SMILES string of the molecule is CCCCCCCCCCCC/C=C/CC/C=C/CC/C=C/C(O)C(COP(=O)([O-])OCC[N+](C)(C)C)NC(=O)CCCCCCCCC/C=C\CCCCCCCCCCCCC. The topological polar surface area (TPSA) is 108 Å². The van der Waals surface area contributed by atoms with Crippen LogP contribution in [0.25, 0.3) is 0 Å². The van der Waals surface area contributed by atoms with E-state index in [9.17, 15) is 19.4 Å². The van der Waals surface area contributed by atoms with E-state index in [-0.39, 0.29) is 12.5 Å². The van der Waals surface area contributed by atoms with Gasteiger partial charge in [-0.1, -0.05) is 217 Å². The second-order valence-electron chi connectivity index (χ2n) is 19.6. The van der Waals surface area contributed by atoms with Crippen LogP contribution in [0.4, 0.5) is 0 Å². The Hall–Kier alpha value is -1.54. The third kappa shape index (κ3) is 48.4. The summed E-state index contributed by atoms with van der Waals surface area (Å²) in [7, 11) is 1.23. The normalized spacial score (nSPS) is 14.4. The second kappa shape index (κ2) is 46.6. The summed E-state index contributed by atoms with van der Waals surface area (Å²) >= 11 is 0. The van der Waals surface area contributed by atoms with Crippen molar-refractivity contribution in [3.8, 4) is 0 Å². The molecule has 0 aliphatic rings. The predicted molar refractivity (Wildman–Crippen MR) is 274 cm³/mol. The largest absolute Gasteiger partial charge is 0.756 e. The Morgan fingerprint density at radius 1 is 0.531 bits per heavy atom. The van der Waals surface area contributed by atoms with Gasteiger partial charge in [-0.15, -0.1) is 0 Å². The van der Waals surface area contributed by atoms with Gasteiger partial charge in [0.15, 0.2) is 0 Å². The molecule has 0 aromatic heterocycles. The summed E-state index contributed by atoms with van der Waals surface area (Å²) in [5.74, 6) is -0.215. The van der Waals surface area contributed by atoms with Gasteiger partial charge in [0.05, 0.1) is 39.9 Å². The van der Waals surface area contributed by atoms with Crippen molar-refractivity contribution in [2.75, 3.05) is 40.9 Å². The minimum Gasteiger partial charge on any atom is -0.756 e. The van der Waals surface area contributed by atoms with Crippen LogP contribution < -0.4 is 10.2 Å². The lowest BCUT2D eigenvalue weighted by Gasteiger charge is -2.29. The van der Waals surface area contributed by atoms with Gasteiger partial charge < -0.3 is 28.8 Å². The molecular formula is C55H105N2O6P. The molecule has 0 aliphatic heterocycles. The van der Waals surface area contributed by atoms with Crippen LogP contribution in [0, 0.1) is 0 Å². The fourth-order valence-electron chi connectivity index (χ4n) is 7.71. The number of hydrogen-bond donors (Lipinski definition) is 2. The number of nitrogens with zero attached hydrogens (tertiary/aromatic N) is 1. The summed E-state index contributed by atoms with van der Waals surface area (Å²) in [6.07, 6.45) is 60.4. The van der Waals surface area contributed by atoms with Crippen molar-refractivity contribution in [2.45, 2.75) is 257 Å². The molecule has 64 heavy (non-hydrogen) atoms. The molecule has 0 radical (unpaired) electrons. The maximum Gasteiger partial charge on any atom is 0.268 e. The zero-order valence-corrected chi connectivity index (χ0v) is 43.6.